The molecule has 0 saturated carbocycles. The third kappa shape index (κ3) is 3.11. The number of nitrogens with zero attached hydrogens (tertiary/aromatic N) is 1. The van der Waals surface area contributed by atoms with E-state index in [2.05, 4.69) is 143 Å². The number of hydrogen-bond acceptors (Lipinski definition) is 1. The highest BCUT2D eigenvalue weighted by atomic mass is 32.1. The first-order valence-electron chi connectivity index (χ1n) is 12.9. The molecule has 1 nitrogen and oxygen atoms in total. The summed E-state index contributed by atoms with van der Waals surface area (Å²) in [7, 11) is 0. The van der Waals surface area contributed by atoms with Gasteiger partial charge in [-0.05, 0) is 62.5 Å². The molecule has 8 rings (SSSR count). The highest BCUT2D eigenvalue weighted by Gasteiger charge is 2.17. The van der Waals surface area contributed by atoms with E-state index in [1.807, 2.05) is 0 Å². The molecule has 0 amide bonds. The Morgan fingerprint density at radius 1 is 0.368 bits per heavy atom. The van der Waals surface area contributed by atoms with Gasteiger partial charge in [-0.2, -0.15) is 0 Å². The number of benzene rings is 6. The molecule has 2 heterocycles. The van der Waals surface area contributed by atoms with Gasteiger partial charge in [0.15, 0.2) is 0 Å². The zero-order chi connectivity index (χ0) is 25.1. The first kappa shape index (κ1) is 21.4. The smallest absolute Gasteiger partial charge is 0.0541 e. The number of hydrogen-bond donors (Lipinski definition) is 0. The van der Waals surface area contributed by atoms with E-state index in [1.54, 1.807) is 11.3 Å². The third-order valence-electron chi connectivity index (χ3n) is 7.72. The van der Waals surface area contributed by atoms with E-state index in [9.17, 15) is 0 Å². The number of thiophene rings is 1. The molecule has 2 aromatic heterocycles. The molecule has 0 radical (unpaired) electrons. The monoisotopic (exact) mass is 501 g/mol. The lowest BCUT2D eigenvalue weighted by molar-refractivity contribution is 1.20. The van der Waals surface area contributed by atoms with Crippen LogP contribution < -0.4 is 0 Å². The van der Waals surface area contributed by atoms with E-state index < -0.39 is 0 Å². The predicted octanol–water partition coefficient (Wildman–Crippen LogP) is 10.5. The Labute approximate surface area is 224 Å². The summed E-state index contributed by atoms with van der Waals surface area (Å²) in [5.41, 5.74) is 7.51. The summed E-state index contributed by atoms with van der Waals surface area (Å²) in [6.07, 6.45) is 0. The molecule has 0 N–H and O–H groups in total. The van der Waals surface area contributed by atoms with Crippen LogP contribution in [0, 0.1) is 0 Å². The van der Waals surface area contributed by atoms with Crippen LogP contribution in [0.3, 0.4) is 0 Å². The fourth-order valence-corrected chi connectivity index (χ4v) is 6.84. The molecule has 178 valence electrons. The molecular weight excluding hydrogens is 478 g/mol. The normalized spacial score (nSPS) is 11.7. The van der Waals surface area contributed by atoms with E-state index in [0.717, 1.165) is 0 Å². The van der Waals surface area contributed by atoms with Crippen LogP contribution in [-0.4, -0.2) is 4.57 Å². The molecule has 0 bridgehead atoms. The van der Waals surface area contributed by atoms with Gasteiger partial charge in [0.2, 0.25) is 0 Å². The van der Waals surface area contributed by atoms with Gasteiger partial charge < -0.3 is 4.57 Å². The van der Waals surface area contributed by atoms with Gasteiger partial charge in [0.25, 0.3) is 0 Å². The zero-order valence-electron chi connectivity index (χ0n) is 20.6. The SMILES string of the molecule is c1csc(-c2ccc(-c3ccc(-n4c5ccccc5c5ccccc54)c4ccccc34)c3ccccc23)c1. The Morgan fingerprint density at radius 3 is 1.45 bits per heavy atom. The molecule has 0 aliphatic carbocycles. The largest absolute Gasteiger partial charge is 0.309 e. The van der Waals surface area contributed by atoms with Gasteiger partial charge in [0, 0.05) is 21.0 Å². The molecule has 0 spiro atoms. The van der Waals surface area contributed by atoms with Crippen LogP contribution >= 0.6 is 11.3 Å². The number of fused-ring (bicyclic) bond motifs is 5. The Balaban J connectivity index is 1.42. The summed E-state index contributed by atoms with van der Waals surface area (Å²) in [5.74, 6) is 0. The quantitative estimate of drug-likeness (QED) is 0.227. The van der Waals surface area contributed by atoms with E-state index >= 15 is 0 Å². The van der Waals surface area contributed by atoms with Gasteiger partial charge in [-0.1, -0.05) is 109 Å². The summed E-state index contributed by atoms with van der Waals surface area (Å²) in [5, 5.41) is 9.82. The van der Waals surface area contributed by atoms with Crippen LogP contribution in [-0.2, 0) is 0 Å². The molecule has 38 heavy (non-hydrogen) atoms. The van der Waals surface area contributed by atoms with Crippen LogP contribution in [0.25, 0.3) is 70.6 Å². The lowest BCUT2D eigenvalue weighted by atomic mass is 9.91. The van der Waals surface area contributed by atoms with Crippen molar-refractivity contribution in [2.45, 2.75) is 0 Å². The minimum Gasteiger partial charge on any atom is -0.309 e. The van der Waals surface area contributed by atoms with E-state index in [1.165, 1.54) is 70.6 Å². The summed E-state index contributed by atoms with van der Waals surface area (Å²) in [6.45, 7) is 0. The average molecular weight is 502 g/mol. The Hall–Kier alpha value is -4.66. The van der Waals surface area contributed by atoms with Crippen LogP contribution in [0.15, 0.2) is 139 Å². The van der Waals surface area contributed by atoms with Crippen molar-refractivity contribution in [1.29, 1.82) is 0 Å². The Bertz CT molecular complexity index is 2080. The van der Waals surface area contributed by atoms with Crippen molar-refractivity contribution >= 4 is 54.7 Å². The second-order valence-corrected chi connectivity index (χ2v) is 10.7. The Kier molecular flexibility index (Phi) is 4.76. The van der Waals surface area contributed by atoms with Gasteiger partial charge in [-0.25, -0.2) is 0 Å². The topological polar surface area (TPSA) is 4.93 Å². The minimum absolute atomic E-state index is 1.21. The molecule has 0 unspecified atom stereocenters. The van der Waals surface area contributed by atoms with Crippen molar-refractivity contribution in [1.82, 2.24) is 4.57 Å². The van der Waals surface area contributed by atoms with Gasteiger partial charge in [-0.3, -0.25) is 0 Å². The second-order valence-electron chi connectivity index (χ2n) is 9.73. The highest BCUT2D eigenvalue weighted by molar-refractivity contribution is 7.13. The molecule has 8 aromatic rings. The molecule has 0 saturated heterocycles. The van der Waals surface area contributed by atoms with E-state index in [4.69, 9.17) is 0 Å². The van der Waals surface area contributed by atoms with Crippen molar-refractivity contribution in [2.75, 3.05) is 0 Å². The van der Waals surface area contributed by atoms with Gasteiger partial charge in [-0.15, -0.1) is 11.3 Å². The fraction of sp³-hybridized carbons (Fsp3) is 0. The average Bonchev–Trinajstić information content (AvgIpc) is 3.63. The number of rotatable bonds is 3. The number of aromatic nitrogens is 1. The van der Waals surface area contributed by atoms with Crippen LogP contribution in [0.5, 0.6) is 0 Å². The maximum atomic E-state index is 2.43. The summed E-state index contributed by atoms with van der Waals surface area (Å²) >= 11 is 1.79. The van der Waals surface area contributed by atoms with Gasteiger partial charge >= 0.3 is 0 Å². The van der Waals surface area contributed by atoms with Gasteiger partial charge in [0.1, 0.15) is 0 Å². The molecule has 6 aromatic carbocycles. The summed E-state index contributed by atoms with van der Waals surface area (Å²) < 4.78 is 2.43. The molecule has 0 aliphatic heterocycles. The summed E-state index contributed by atoms with van der Waals surface area (Å²) in [6, 6.07) is 48.7. The Morgan fingerprint density at radius 2 is 0.842 bits per heavy atom. The van der Waals surface area contributed by atoms with Crippen molar-refractivity contribution in [3.8, 4) is 27.3 Å². The van der Waals surface area contributed by atoms with E-state index in [0.29, 0.717) is 0 Å². The molecule has 0 atom stereocenters. The molecular formula is C36H23NS. The summed E-state index contributed by atoms with van der Waals surface area (Å²) in [4.78, 5) is 1.30. The van der Waals surface area contributed by atoms with Crippen LogP contribution in [0.1, 0.15) is 0 Å². The maximum Gasteiger partial charge on any atom is 0.0541 e. The second kappa shape index (κ2) is 8.44. The van der Waals surface area contributed by atoms with E-state index in [-0.39, 0.29) is 0 Å². The zero-order valence-corrected chi connectivity index (χ0v) is 21.5. The van der Waals surface area contributed by atoms with Crippen molar-refractivity contribution in [3.05, 3.63) is 139 Å². The first-order chi connectivity index (χ1) is 18.9. The lowest BCUT2D eigenvalue weighted by Gasteiger charge is -2.17. The van der Waals surface area contributed by atoms with Crippen molar-refractivity contribution in [3.63, 3.8) is 0 Å². The standard InChI is InChI=1S/C36H23NS/c1-2-12-26-24(10-1)27(19-20-32(26)36-18-9-23-38-36)28-21-22-35(29-13-4-3-11-25(28)29)37-33-16-7-5-14-30(33)31-15-6-8-17-34(31)37/h1-23H. The predicted molar refractivity (Wildman–Crippen MR) is 165 cm³/mol. The first-order valence-corrected chi connectivity index (χ1v) is 13.8. The van der Waals surface area contributed by atoms with Crippen LogP contribution in [0.2, 0.25) is 0 Å². The van der Waals surface area contributed by atoms with Crippen molar-refractivity contribution < 1.29 is 0 Å². The minimum atomic E-state index is 1.21. The third-order valence-corrected chi connectivity index (χ3v) is 8.63. The fourth-order valence-electron chi connectivity index (χ4n) is 6.08. The van der Waals surface area contributed by atoms with Crippen molar-refractivity contribution in [2.24, 2.45) is 0 Å². The van der Waals surface area contributed by atoms with Crippen LogP contribution in [0.4, 0.5) is 0 Å². The lowest BCUT2D eigenvalue weighted by Crippen LogP contribution is -1.96. The molecule has 0 fully saturated rings. The number of para-hydroxylation sites is 2. The molecule has 2 heteroatoms. The maximum absolute atomic E-state index is 2.43. The molecule has 0 aliphatic rings. The highest BCUT2D eigenvalue weighted by Crippen LogP contribution is 2.42. The van der Waals surface area contributed by atoms with Gasteiger partial charge in [0.05, 0.1) is 16.7 Å².